The predicted molar refractivity (Wildman–Crippen MR) is 98.0 cm³/mol. The molecule has 28 heavy (non-hydrogen) atoms. The fourth-order valence-corrected chi connectivity index (χ4v) is 2.36. The fourth-order valence-electron chi connectivity index (χ4n) is 2.36. The van der Waals surface area contributed by atoms with E-state index in [2.05, 4.69) is 10.3 Å². The van der Waals surface area contributed by atoms with Gasteiger partial charge in [0.25, 0.3) is 5.91 Å². The van der Waals surface area contributed by atoms with Crippen LogP contribution in [-0.2, 0) is 6.61 Å². The number of carbonyl (C=O) groups excluding carboxylic acids is 1. The number of amides is 1. The lowest BCUT2D eigenvalue weighted by atomic mass is 10.1. The van der Waals surface area contributed by atoms with Crippen LogP contribution in [0.25, 0.3) is 0 Å². The molecular formula is C20H15FN2O5. The first-order valence-electron chi connectivity index (χ1n) is 8.13. The van der Waals surface area contributed by atoms with Crippen LogP contribution in [0.1, 0.15) is 26.3 Å². The summed E-state index contributed by atoms with van der Waals surface area (Å²) in [4.78, 5) is 27.1. The standard InChI is InChI=1S/C20H15FN2O5/c21-14-3-1-2-12(8-14)11-28-15-5-6-17(24)16(9-15)19(25)23-18-7-4-13(10-22-18)20(26)27/h1-10,24H,11H2,(H,26,27)(H,22,23,25). The van der Waals surface area contributed by atoms with Gasteiger partial charge in [0.2, 0.25) is 0 Å². The lowest BCUT2D eigenvalue weighted by Gasteiger charge is -2.10. The number of benzene rings is 2. The number of carboxylic acids is 1. The van der Waals surface area contributed by atoms with Gasteiger partial charge < -0.3 is 20.3 Å². The summed E-state index contributed by atoms with van der Waals surface area (Å²) < 4.78 is 18.8. The van der Waals surface area contributed by atoms with Crippen LogP contribution in [0, 0.1) is 5.82 Å². The minimum Gasteiger partial charge on any atom is -0.507 e. The molecule has 0 saturated carbocycles. The molecule has 3 N–H and O–H groups in total. The SMILES string of the molecule is O=C(O)c1ccc(NC(=O)c2cc(OCc3cccc(F)c3)ccc2O)nc1. The molecular weight excluding hydrogens is 367 g/mol. The van der Waals surface area contributed by atoms with E-state index in [1.54, 1.807) is 12.1 Å². The third-order valence-electron chi connectivity index (χ3n) is 3.76. The molecule has 142 valence electrons. The Balaban J connectivity index is 1.71. The third-order valence-corrected chi connectivity index (χ3v) is 3.76. The van der Waals surface area contributed by atoms with E-state index in [0.717, 1.165) is 6.20 Å². The van der Waals surface area contributed by atoms with Gasteiger partial charge in [-0.15, -0.1) is 0 Å². The monoisotopic (exact) mass is 382 g/mol. The van der Waals surface area contributed by atoms with Crippen molar-refractivity contribution in [1.29, 1.82) is 0 Å². The van der Waals surface area contributed by atoms with Crippen LogP contribution in [0.4, 0.5) is 10.2 Å². The maximum atomic E-state index is 13.2. The number of phenolic OH excluding ortho intramolecular Hbond substituents is 1. The van der Waals surface area contributed by atoms with Gasteiger partial charge in [-0.2, -0.15) is 0 Å². The Morgan fingerprint density at radius 1 is 1.11 bits per heavy atom. The van der Waals surface area contributed by atoms with Gasteiger partial charge in [0.15, 0.2) is 0 Å². The highest BCUT2D eigenvalue weighted by molar-refractivity contribution is 6.06. The Kier molecular flexibility index (Phi) is 5.50. The highest BCUT2D eigenvalue weighted by atomic mass is 19.1. The zero-order valence-corrected chi connectivity index (χ0v) is 14.4. The van der Waals surface area contributed by atoms with Crippen LogP contribution >= 0.6 is 0 Å². The van der Waals surface area contributed by atoms with E-state index in [9.17, 15) is 19.1 Å². The summed E-state index contributed by atoms with van der Waals surface area (Å²) in [6, 6.07) is 12.7. The third kappa shape index (κ3) is 4.61. The summed E-state index contributed by atoms with van der Waals surface area (Å²) in [5, 5.41) is 21.3. The Morgan fingerprint density at radius 2 is 1.93 bits per heavy atom. The maximum absolute atomic E-state index is 13.2. The molecule has 0 atom stereocenters. The molecule has 0 spiro atoms. The molecule has 0 aliphatic rings. The number of ether oxygens (including phenoxy) is 1. The van der Waals surface area contributed by atoms with Gasteiger partial charge in [-0.1, -0.05) is 12.1 Å². The number of phenols is 1. The Bertz CT molecular complexity index is 1020. The summed E-state index contributed by atoms with van der Waals surface area (Å²) >= 11 is 0. The predicted octanol–water partition coefficient (Wildman–Crippen LogP) is 3.46. The molecule has 1 aromatic heterocycles. The van der Waals surface area contributed by atoms with Crippen molar-refractivity contribution >= 4 is 17.7 Å². The first-order chi connectivity index (χ1) is 13.4. The molecule has 3 rings (SSSR count). The van der Waals surface area contributed by atoms with Gasteiger partial charge in [-0.25, -0.2) is 14.2 Å². The number of carbonyl (C=O) groups is 2. The number of aromatic nitrogens is 1. The number of rotatable bonds is 6. The second-order valence-corrected chi connectivity index (χ2v) is 5.79. The molecule has 2 aromatic carbocycles. The van der Waals surface area contributed by atoms with E-state index in [4.69, 9.17) is 9.84 Å². The highest BCUT2D eigenvalue weighted by Gasteiger charge is 2.14. The van der Waals surface area contributed by atoms with Gasteiger partial charge in [0.05, 0.1) is 11.1 Å². The lowest BCUT2D eigenvalue weighted by molar-refractivity contribution is 0.0696. The smallest absolute Gasteiger partial charge is 0.337 e. The Morgan fingerprint density at radius 3 is 2.61 bits per heavy atom. The Labute approximate surface area is 159 Å². The second kappa shape index (κ2) is 8.17. The number of pyridine rings is 1. The first kappa shape index (κ1) is 18.8. The lowest BCUT2D eigenvalue weighted by Crippen LogP contribution is -2.13. The van der Waals surface area contributed by atoms with Crippen molar-refractivity contribution in [3.05, 3.63) is 83.3 Å². The van der Waals surface area contributed by atoms with Crippen LogP contribution in [0.15, 0.2) is 60.8 Å². The van der Waals surface area contributed by atoms with E-state index in [0.29, 0.717) is 11.3 Å². The van der Waals surface area contributed by atoms with Crippen LogP contribution in [-0.4, -0.2) is 27.1 Å². The average Bonchev–Trinajstić information content (AvgIpc) is 2.67. The van der Waals surface area contributed by atoms with E-state index in [1.807, 2.05) is 0 Å². The van der Waals surface area contributed by atoms with Gasteiger partial charge in [-0.3, -0.25) is 4.79 Å². The molecule has 3 aromatic rings. The quantitative estimate of drug-likeness (QED) is 0.602. The van der Waals surface area contributed by atoms with E-state index >= 15 is 0 Å². The Hall–Kier alpha value is -3.94. The zero-order chi connectivity index (χ0) is 20.1. The highest BCUT2D eigenvalue weighted by Crippen LogP contribution is 2.24. The molecule has 0 aliphatic heterocycles. The summed E-state index contributed by atoms with van der Waals surface area (Å²) in [5.74, 6) is -2.00. The molecule has 0 bridgehead atoms. The van der Waals surface area contributed by atoms with Crippen molar-refractivity contribution in [3.8, 4) is 11.5 Å². The molecule has 8 heteroatoms. The number of aromatic hydroxyl groups is 1. The number of hydrogen-bond donors (Lipinski definition) is 3. The van der Waals surface area contributed by atoms with Crippen molar-refractivity contribution in [2.75, 3.05) is 5.32 Å². The van der Waals surface area contributed by atoms with E-state index in [1.165, 1.54) is 42.5 Å². The summed E-state index contributed by atoms with van der Waals surface area (Å²) in [5.41, 5.74) is 0.538. The van der Waals surface area contributed by atoms with Crippen molar-refractivity contribution in [2.24, 2.45) is 0 Å². The summed E-state index contributed by atoms with van der Waals surface area (Å²) in [6.07, 6.45) is 1.11. The van der Waals surface area contributed by atoms with Crippen LogP contribution in [0.2, 0.25) is 0 Å². The number of hydrogen-bond acceptors (Lipinski definition) is 5. The molecule has 0 saturated heterocycles. The average molecular weight is 382 g/mol. The maximum Gasteiger partial charge on any atom is 0.337 e. The number of nitrogens with zero attached hydrogens (tertiary/aromatic N) is 1. The zero-order valence-electron chi connectivity index (χ0n) is 14.4. The van der Waals surface area contributed by atoms with Crippen molar-refractivity contribution in [2.45, 2.75) is 6.61 Å². The molecule has 0 radical (unpaired) electrons. The number of anilines is 1. The van der Waals surface area contributed by atoms with Crippen molar-refractivity contribution in [1.82, 2.24) is 4.98 Å². The van der Waals surface area contributed by atoms with Crippen molar-refractivity contribution in [3.63, 3.8) is 0 Å². The molecule has 0 aliphatic carbocycles. The summed E-state index contributed by atoms with van der Waals surface area (Å²) in [6.45, 7) is 0.0851. The van der Waals surface area contributed by atoms with Crippen LogP contribution in [0.5, 0.6) is 11.5 Å². The van der Waals surface area contributed by atoms with E-state index < -0.39 is 11.9 Å². The topological polar surface area (TPSA) is 109 Å². The molecule has 1 amide bonds. The first-order valence-corrected chi connectivity index (χ1v) is 8.13. The molecule has 0 fully saturated rings. The van der Waals surface area contributed by atoms with Gasteiger partial charge in [0.1, 0.15) is 29.7 Å². The summed E-state index contributed by atoms with van der Waals surface area (Å²) in [7, 11) is 0. The number of carboxylic acid groups (broad SMARTS) is 1. The van der Waals surface area contributed by atoms with Crippen LogP contribution < -0.4 is 10.1 Å². The van der Waals surface area contributed by atoms with E-state index in [-0.39, 0.29) is 35.1 Å². The molecule has 7 nitrogen and oxygen atoms in total. The fraction of sp³-hybridized carbons (Fsp3) is 0.0500. The van der Waals surface area contributed by atoms with Gasteiger partial charge >= 0.3 is 5.97 Å². The molecule has 1 heterocycles. The van der Waals surface area contributed by atoms with Crippen molar-refractivity contribution < 1.29 is 28.9 Å². The second-order valence-electron chi connectivity index (χ2n) is 5.79. The van der Waals surface area contributed by atoms with Crippen LogP contribution in [0.3, 0.4) is 0 Å². The molecule has 0 unspecified atom stereocenters. The number of nitrogens with one attached hydrogen (secondary N) is 1. The number of halogens is 1. The van der Waals surface area contributed by atoms with Gasteiger partial charge in [-0.05, 0) is 48.0 Å². The normalized spacial score (nSPS) is 10.3. The minimum absolute atomic E-state index is 0.0198. The minimum atomic E-state index is -1.13. The van der Waals surface area contributed by atoms with Gasteiger partial charge in [0, 0.05) is 6.20 Å². The largest absolute Gasteiger partial charge is 0.507 e. The number of aromatic carboxylic acids is 1.